The number of rotatable bonds is 5. The maximum atomic E-state index is 13.5. The first-order valence-electron chi connectivity index (χ1n) is 8.55. The molecule has 0 saturated carbocycles. The van der Waals surface area contributed by atoms with E-state index in [0.29, 0.717) is 17.5 Å². The molecule has 0 aliphatic carbocycles. The summed E-state index contributed by atoms with van der Waals surface area (Å²) in [7, 11) is 0. The lowest BCUT2D eigenvalue weighted by molar-refractivity contribution is -0.134. The van der Waals surface area contributed by atoms with Crippen molar-refractivity contribution in [2.24, 2.45) is 11.8 Å². The highest BCUT2D eigenvalue weighted by atomic mass is 19.1. The Hall–Kier alpha value is -2.44. The first kappa shape index (κ1) is 17.4. The Balaban J connectivity index is 1.54. The molecule has 0 spiro atoms. The molecule has 6 nitrogen and oxygen atoms in total. The number of benzene rings is 1. The van der Waals surface area contributed by atoms with Gasteiger partial charge >= 0.3 is 0 Å². The second-order valence-electron chi connectivity index (χ2n) is 6.87. The highest BCUT2D eigenvalue weighted by molar-refractivity contribution is 5.76. The Morgan fingerprint density at radius 3 is 2.72 bits per heavy atom. The van der Waals surface area contributed by atoms with Gasteiger partial charge in [-0.05, 0) is 30.4 Å². The topological polar surface area (TPSA) is 60.2 Å². The number of aromatic nitrogens is 3. The largest absolute Gasteiger partial charge is 0.484 e. The quantitative estimate of drug-likeness (QED) is 0.835. The van der Waals surface area contributed by atoms with Crippen molar-refractivity contribution < 1.29 is 13.9 Å². The van der Waals surface area contributed by atoms with Gasteiger partial charge in [-0.25, -0.2) is 9.07 Å². The molecule has 1 saturated heterocycles. The molecule has 0 bridgehead atoms. The van der Waals surface area contributed by atoms with Crippen LogP contribution in [-0.2, 0) is 17.9 Å². The van der Waals surface area contributed by atoms with E-state index in [2.05, 4.69) is 24.2 Å². The molecule has 2 atom stereocenters. The highest BCUT2D eigenvalue weighted by Crippen LogP contribution is 2.21. The summed E-state index contributed by atoms with van der Waals surface area (Å²) < 4.78 is 20.4. The Kier molecular flexibility index (Phi) is 5.31. The summed E-state index contributed by atoms with van der Waals surface area (Å²) in [6.07, 6.45) is 2.82. The van der Waals surface area contributed by atoms with Gasteiger partial charge in [0.1, 0.15) is 18.8 Å². The Bertz CT molecular complexity index is 723. The fourth-order valence-corrected chi connectivity index (χ4v) is 3.30. The van der Waals surface area contributed by atoms with Crippen molar-refractivity contribution >= 4 is 5.91 Å². The second kappa shape index (κ2) is 7.63. The summed E-state index contributed by atoms with van der Waals surface area (Å²) in [6, 6.07) is 6.20. The Labute approximate surface area is 146 Å². The lowest BCUT2D eigenvalue weighted by Crippen LogP contribution is -2.44. The van der Waals surface area contributed by atoms with Crippen LogP contribution in [0, 0.1) is 17.7 Å². The molecular weight excluding hydrogens is 323 g/mol. The molecule has 1 fully saturated rings. The lowest BCUT2D eigenvalue weighted by Gasteiger charge is -2.34. The molecule has 1 aliphatic rings. The van der Waals surface area contributed by atoms with Crippen LogP contribution >= 0.6 is 0 Å². The molecule has 1 amide bonds. The summed E-state index contributed by atoms with van der Waals surface area (Å²) in [5, 5.41) is 7.95. The molecule has 0 radical (unpaired) electrons. The predicted molar refractivity (Wildman–Crippen MR) is 90.3 cm³/mol. The molecule has 0 N–H and O–H groups in total. The maximum Gasteiger partial charge on any atom is 0.244 e. The number of hydrogen-bond acceptors (Lipinski definition) is 4. The summed E-state index contributed by atoms with van der Waals surface area (Å²) in [4.78, 5) is 14.3. The molecule has 7 heteroatoms. The molecule has 3 rings (SSSR count). The van der Waals surface area contributed by atoms with Crippen molar-refractivity contribution in [2.45, 2.75) is 33.4 Å². The van der Waals surface area contributed by atoms with Gasteiger partial charge in [-0.1, -0.05) is 31.2 Å². The van der Waals surface area contributed by atoms with E-state index in [0.717, 1.165) is 19.5 Å². The molecule has 2 heterocycles. The van der Waals surface area contributed by atoms with E-state index in [9.17, 15) is 9.18 Å². The number of halogens is 1. The molecule has 2 aromatic rings. The number of nitrogens with zero attached hydrogens (tertiary/aromatic N) is 4. The van der Waals surface area contributed by atoms with Crippen LogP contribution < -0.4 is 4.74 Å². The van der Waals surface area contributed by atoms with Crippen LogP contribution in [0.5, 0.6) is 5.75 Å². The third-order valence-electron chi connectivity index (χ3n) is 4.32. The van der Waals surface area contributed by atoms with Crippen LogP contribution in [0.2, 0.25) is 0 Å². The minimum atomic E-state index is -0.418. The molecule has 1 aliphatic heterocycles. The van der Waals surface area contributed by atoms with E-state index < -0.39 is 5.82 Å². The van der Waals surface area contributed by atoms with Crippen molar-refractivity contribution in [3.8, 4) is 5.75 Å². The van der Waals surface area contributed by atoms with Crippen LogP contribution in [-0.4, -0.2) is 38.9 Å². The SMILES string of the molecule is C[C@@H]1C[C@@H](C)CN(C(=O)Cn2cc(COc3ccccc3F)nn2)C1. The number of carbonyl (C=O) groups excluding carboxylic acids is 1. The minimum Gasteiger partial charge on any atom is -0.484 e. The van der Waals surface area contributed by atoms with E-state index >= 15 is 0 Å². The average Bonchev–Trinajstić information content (AvgIpc) is 3.00. The van der Waals surface area contributed by atoms with Crippen LogP contribution in [0.3, 0.4) is 0 Å². The predicted octanol–water partition coefficient (Wildman–Crippen LogP) is 2.50. The fourth-order valence-electron chi connectivity index (χ4n) is 3.30. The Morgan fingerprint density at radius 1 is 1.28 bits per heavy atom. The standard InChI is InChI=1S/C18H23FN4O2/c1-13-7-14(2)9-22(8-13)18(24)11-23-10-15(20-21-23)12-25-17-6-4-3-5-16(17)19/h3-6,10,13-14H,7-9,11-12H2,1-2H3/t13-,14-/m1/s1. The molecular formula is C18H23FN4O2. The van der Waals surface area contributed by atoms with Crippen LogP contribution in [0.4, 0.5) is 4.39 Å². The van der Waals surface area contributed by atoms with E-state index in [1.807, 2.05) is 4.90 Å². The summed E-state index contributed by atoms with van der Waals surface area (Å²) in [5.74, 6) is 0.842. The summed E-state index contributed by atoms with van der Waals surface area (Å²) in [6.45, 7) is 6.19. The van der Waals surface area contributed by atoms with Gasteiger partial charge < -0.3 is 9.64 Å². The van der Waals surface area contributed by atoms with E-state index in [1.165, 1.54) is 10.7 Å². The molecule has 25 heavy (non-hydrogen) atoms. The van der Waals surface area contributed by atoms with E-state index in [1.54, 1.807) is 24.4 Å². The average molecular weight is 346 g/mol. The smallest absolute Gasteiger partial charge is 0.244 e. The van der Waals surface area contributed by atoms with Gasteiger partial charge in [0, 0.05) is 13.1 Å². The van der Waals surface area contributed by atoms with Crippen molar-refractivity contribution in [3.63, 3.8) is 0 Å². The first-order valence-corrected chi connectivity index (χ1v) is 8.55. The zero-order chi connectivity index (χ0) is 17.8. The number of piperidine rings is 1. The number of hydrogen-bond donors (Lipinski definition) is 0. The summed E-state index contributed by atoms with van der Waals surface area (Å²) >= 11 is 0. The van der Waals surface area contributed by atoms with Crippen LogP contribution in [0.15, 0.2) is 30.5 Å². The lowest BCUT2D eigenvalue weighted by atomic mass is 9.92. The fraction of sp³-hybridized carbons (Fsp3) is 0.500. The minimum absolute atomic E-state index is 0.0462. The molecule has 1 aromatic heterocycles. The van der Waals surface area contributed by atoms with E-state index in [-0.39, 0.29) is 24.8 Å². The first-order chi connectivity index (χ1) is 12.0. The van der Waals surface area contributed by atoms with Gasteiger partial charge in [0.15, 0.2) is 11.6 Å². The monoisotopic (exact) mass is 346 g/mol. The highest BCUT2D eigenvalue weighted by Gasteiger charge is 2.25. The third kappa shape index (κ3) is 4.55. The third-order valence-corrected chi connectivity index (χ3v) is 4.32. The zero-order valence-electron chi connectivity index (χ0n) is 14.6. The van der Waals surface area contributed by atoms with Crippen molar-refractivity contribution in [2.75, 3.05) is 13.1 Å². The molecule has 0 unspecified atom stereocenters. The van der Waals surface area contributed by atoms with Gasteiger partial charge in [-0.3, -0.25) is 4.79 Å². The van der Waals surface area contributed by atoms with E-state index in [4.69, 9.17) is 4.74 Å². The van der Waals surface area contributed by atoms with Crippen molar-refractivity contribution in [1.82, 2.24) is 19.9 Å². The summed E-state index contributed by atoms with van der Waals surface area (Å²) in [5.41, 5.74) is 0.552. The van der Waals surface area contributed by atoms with Crippen molar-refractivity contribution in [3.05, 3.63) is 42.0 Å². The Morgan fingerprint density at radius 2 is 2.00 bits per heavy atom. The number of amides is 1. The van der Waals surface area contributed by atoms with Gasteiger partial charge in [0.25, 0.3) is 0 Å². The zero-order valence-corrected chi connectivity index (χ0v) is 14.6. The normalized spacial score (nSPS) is 20.5. The molecule has 1 aromatic carbocycles. The number of likely N-dealkylation sites (tertiary alicyclic amines) is 1. The molecule has 134 valence electrons. The number of para-hydroxylation sites is 1. The maximum absolute atomic E-state index is 13.5. The van der Waals surface area contributed by atoms with Gasteiger partial charge in [-0.2, -0.15) is 0 Å². The van der Waals surface area contributed by atoms with Gasteiger partial charge in [-0.15, -0.1) is 5.10 Å². The van der Waals surface area contributed by atoms with Crippen molar-refractivity contribution in [1.29, 1.82) is 0 Å². The van der Waals surface area contributed by atoms with Gasteiger partial charge in [0.05, 0.1) is 6.20 Å². The van der Waals surface area contributed by atoms with Gasteiger partial charge in [0.2, 0.25) is 5.91 Å². The number of ether oxygens (including phenoxy) is 1. The van der Waals surface area contributed by atoms with Crippen LogP contribution in [0.1, 0.15) is 26.0 Å². The van der Waals surface area contributed by atoms with Crippen LogP contribution in [0.25, 0.3) is 0 Å². The number of carbonyl (C=O) groups is 1. The second-order valence-corrected chi connectivity index (χ2v) is 6.87.